The fraction of sp³-hybridized carbons (Fsp3) is 0.250. The molecule has 0 aromatic heterocycles. The number of hydrogen-bond donors (Lipinski definition) is 1. The van der Waals surface area contributed by atoms with Crippen LogP contribution in [0.5, 0.6) is 0 Å². The molecule has 0 radical (unpaired) electrons. The maximum Gasteiger partial charge on any atom is 0.0850 e. The minimum atomic E-state index is -0.327. The van der Waals surface area contributed by atoms with Crippen LogP contribution < -0.4 is 0 Å². The lowest BCUT2D eigenvalue weighted by atomic mass is 10.0. The van der Waals surface area contributed by atoms with Crippen molar-refractivity contribution in [2.45, 2.75) is 31.5 Å². The van der Waals surface area contributed by atoms with Gasteiger partial charge in [0, 0.05) is 10.9 Å². The first-order valence-corrected chi connectivity index (χ1v) is 10.1. The third-order valence-corrected chi connectivity index (χ3v) is 4.88. The Kier molecular flexibility index (Phi) is 7.64. The third-order valence-electron chi connectivity index (χ3n) is 4.38. The second kappa shape index (κ2) is 10.4. The summed E-state index contributed by atoms with van der Waals surface area (Å²) in [6.07, 6.45) is 2.66. The van der Waals surface area contributed by atoms with Crippen LogP contribution >= 0.6 is 15.9 Å². The van der Waals surface area contributed by atoms with Gasteiger partial charge in [0.15, 0.2) is 0 Å². The Morgan fingerprint density at radius 3 is 1.96 bits per heavy atom. The summed E-state index contributed by atoms with van der Waals surface area (Å²) in [7, 11) is 0. The van der Waals surface area contributed by atoms with Crippen molar-refractivity contribution in [2.24, 2.45) is 0 Å². The highest BCUT2D eigenvalue weighted by atomic mass is 79.9. The van der Waals surface area contributed by atoms with Gasteiger partial charge in [0.05, 0.1) is 18.8 Å². The highest BCUT2D eigenvalue weighted by molar-refractivity contribution is 9.10. The maximum atomic E-state index is 10.0. The van der Waals surface area contributed by atoms with E-state index in [0.717, 1.165) is 23.1 Å². The maximum absolute atomic E-state index is 10.0. The lowest BCUT2D eigenvalue weighted by Crippen LogP contribution is -2.13. The molecule has 3 aromatic carbocycles. The quantitative estimate of drug-likeness (QED) is 0.549. The number of ether oxygens (including phenoxy) is 1. The Morgan fingerprint density at radius 1 is 0.815 bits per heavy atom. The van der Waals surface area contributed by atoms with E-state index in [1.165, 1.54) is 11.1 Å². The van der Waals surface area contributed by atoms with E-state index in [4.69, 9.17) is 4.74 Å². The van der Waals surface area contributed by atoms with E-state index < -0.39 is 0 Å². The van der Waals surface area contributed by atoms with E-state index in [1.54, 1.807) is 0 Å². The number of aliphatic hydroxyl groups excluding tert-OH is 1. The van der Waals surface area contributed by atoms with Gasteiger partial charge in [-0.1, -0.05) is 88.7 Å². The van der Waals surface area contributed by atoms with Gasteiger partial charge in [-0.25, -0.2) is 0 Å². The Balaban J connectivity index is 0.000000177. The molecule has 1 heterocycles. The lowest BCUT2D eigenvalue weighted by molar-refractivity contribution is 0.175. The van der Waals surface area contributed by atoms with Crippen LogP contribution in [0.15, 0.2) is 89.4 Å². The highest BCUT2D eigenvalue weighted by Crippen LogP contribution is 2.15. The Hall–Kier alpha value is -1.94. The second-order valence-corrected chi connectivity index (χ2v) is 7.74. The zero-order chi connectivity index (χ0) is 18.9. The van der Waals surface area contributed by atoms with E-state index >= 15 is 0 Å². The number of hydrogen-bond acceptors (Lipinski definition) is 2. The molecule has 0 unspecified atom stereocenters. The van der Waals surface area contributed by atoms with Crippen molar-refractivity contribution in [3.63, 3.8) is 0 Å². The van der Waals surface area contributed by atoms with E-state index in [2.05, 4.69) is 40.2 Å². The summed E-state index contributed by atoms with van der Waals surface area (Å²) < 4.78 is 6.17. The fourth-order valence-corrected chi connectivity index (χ4v) is 3.40. The molecule has 2 nitrogen and oxygen atoms in total. The smallest absolute Gasteiger partial charge is 0.0850 e. The molecule has 1 aliphatic rings. The average Bonchev–Trinajstić information content (AvgIpc) is 3.48. The molecule has 3 heteroatoms. The predicted molar refractivity (Wildman–Crippen MR) is 114 cm³/mol. The summed E-state index contributed by atoms with van der Waals surface area (Å²) in [6.45, 7) is 0.953. The lowest BCUT2D eigenvalue weighted by Gasteiger charge is -2.10. The van der Waals surface area contributed by atoms with Crippen LogP contribution in [0.4, 0.5) is 0 Å². The second-order valence-electron chi connectivity index (χ2n) is 6.82. The molecule has 1 N–H and O–H groups in total. The summed E-state index contributed by atoms with van der Waals surface area (Å²) in [5, 5.41) is 10.0. The van der Waals surface area contributed by atoms with Gasteiger partial charge < -0.3 is 9.84 Å². The van der Waals surface area contributed by atoms with Gasteiger partial charge in [0.25, 0.3) is 0 Å². The molecule has 0 bridgehead atoms. The first kappa shape index (κ1) is 19.8. The van der Waals surface area contributed by atoms with Gasteiger partial charge in [-0.05, 0) is 41.7 Å². The van der Waals surface area contributed by atoms with E-state index in [9.17, 15) is 5.11 Å². The monoisotopic (exact) mass is 424 g/mol. The van der Waals surface area contributed by atoms with Crippen LogP contribution in [0, 0.1) is 0 Å². The van der Waals surface area contributed by atoms with Crippen LogP contribution in [-0.2, 0) is 24.0 Å². The SMILES string of the molecule is O[C@@H](Cc1ccccc1)Cc1cccc(Br)c1.c1ccc(C[C@H]2CO2)cc1. The molecule has 1 fully saturated rings. The van der Waals surface area contributed by atoms with E-state index in [0.29, 0.717) is 18.9 Å². The summed E-state index contributed by atoms with van der Waals surface area (Å²) in [5.41, 5.74) is 3.71. The molecule has 2 atom stereocenters. The highest BCUT2D eigenvalue weighted by Gasteiger charge is 2.21. The van der Waals surface area contributed by atoms with Crippen LogP contribution in [0.3, 0.4) is 0 Å². The predicted octanol–water partition coefficient (Wildman–Crippen LogP) is 5.22. The number of benzene rings is 3. The van der Waals surface area contributed by atoms with Crippen molar-refractivity contribution in [2.75, 3.05) is 6.61 Å². The Morgan fingerprint density at radius 2 is 1.37 bits per heavy atom. The van der Waals surface area contributed by atoms with Gasteiger partial charge in [0.2, 0.25) is 0 Å². The van der Waals surface area contributed by atoms with Crippen LogP contribution in [0.2, 0.25) is 0 Å². The van der Waals surface area contributed by atoms with E-state index in [1.807, 2.05) is 60.7 Å². The molecule has 140 valence electrons. The first-order chi connectivity index (χ1) is 13.2. The van der Waals surface area contributed by atoms with Crippen molar-refractivity contribution >= 4 is 15.9 Å². The minimum absolute atomic E-state index is 0.327. The standard InChI is InChI=1S/C15H15BrO.C9H10O/c16-14-8-4-7-13(9-14)11-15(17)10-12-5-2-1-3-6-12;1-2-4-8(5-3-1)6-9-7-10-9/h1-9,15,17H,10-11H2;1-5,9H,6-7H2/t15-;9-/m00/s1. The van der Waals surface area contributed by atoms with Gasteiger partial charge in [0.1, 0.15) is 0 Å². The van der Waals surface area contributed by atoms with Gasteiger partial charge in [-0.15, -0.1) is 0 Å². The zero-order valence-electron chi connectivity index (χ0n) is 15.3. The summed E-state index contributed by atoms with van der Waals surface area (Å²) >= 11 is 3.44. The molecular weight excluding hydrogens is 400 g/mol. The van der Waals surface area contributed by atoms with Crippen LogP contribution in [0.1, 0.15) is 16.7 Å². The molecule has 1 aliphatic heterocycles. The number of epoxide rings is 1. The number of halogens is 1. The normalized spacial score (nSPS) is 16.1. The largest absolute Gasteiger partial charge is 0.392 e. The van der Waals surface area contributed by atoms with Crippen molar-refractivity contribution in [1.82, 2.24) is 0 Å². The molecule has 0 amide bonds. The molecule has 3 aromatic rings. The topological polar surface area (TPSA) is 32.8 Å². The van der Waals surface area contributed by atoms with Crippen molar-refractivity contribution in [1.29, 1.82) is 0 Å². The molecule has 1 saturated heterocycles. The first-order valence-electron chi connectivity index (χ1n) is 9.31. The van der Waals surface area contributed by atoms with Gasteiger partial charge in [-0.3, -0.25) is 0 Å². The van der Waals surface area contributed by atoms with Crippen LogP contribution in [-0.4, -0.2) is 23.9 Å². The molecule has 4 rings (SSSR count). The van der Waals surface area contributed by atoms with Gasteiger partial charge in [-0.2, -0.15) is 0 Å². The molecule has 0 saturated carbocycles. The molecular formula is C24H25BrO2. The summed E-state index contributed by atoms with van der Waals surface area (Å²) in [5.74, 6) is 0. The molecule has 0 aliphatic carbocycles. The zero-order valence-corrected chi connectivity index (χ0v) is 16.9. The number of rotatable bonds is 6. The number of aliphatic hydroxyl groups is 1. The van der Waals surface area contributed by atoms with E-state index in [-0.39, 0.29) is 6.10 Å². The van der Waals surface area contributed by atoms with Crippen molar-refractivity contribution < 1.29 is 9.84 Å². The Bertz CT molecular complexity index is 801. The average molecular weight is 425 g/mol. The van der Waals surface area contributed by atoms with Crippen molar-refractivity contribution in [3.8, 4) is 0 Å². The summed E-state index contributed by atoms with van der Waals surface area (Å²) in [4.78, 5) is 0. The third kappa shape index (κ3) is 7.67. The minimum Gasteiger partial charge on any atom is -0.392 e. The molecule has 0 spiro atoms. The van der Waals surface area contributed by atoms with Crippen molar-refractivity contribution in [3.05, 3.63) is 106 Å². The molecule has 27 heavy (non-hydrogen) atoms. The Labute approximate surface area is 170 Å². The summed E-state index contributed by atoms with van der Waals surface area (Å²) in [6, 6.07) is 28.6. The van der Waals surface area contributed by atoms with Gasteiger partial charge >= 0.3 is 0 Å². The fourth-order valence-electron chi connectivity index (χ4n) is 2.96. The van der Waals surface area contributed by atoms with Crippen LogP contribution in [0.25, 0.3) is 0 Å².